The van der Waals surface area contributed by atoms with E-state index in [0.717, 1.165) is 4.68 Å². The zero-order valence-electron chi connectivity index (χ0n) is 11.8. The molecule has 0 bridgehead atoms. The van der Waals surface area contributed by atoms with E-state index in [-0.39, 0.29) is 5.82 Å². The number of rotatable bonds is 3. The van der Waals surface area contributed by atoms with E-state index >= 15 is 0 Å². The fourth-order valence-corrected chi connectivity index (χ4v) is 3.40. The number of hydrogen-bond acceptors (Lipinski definition) is 8. The van der Waals surface area contributed by atoms with Crippen LogP contribution in [0.3, 0.4) is 0 Å². The summed E-state index contributed by atoms with van der Waals surface area (Å²) in [6.45, 7) is 2.89. The Morgan fingerprint density at radius 1 is 1.48 bits per heavy atom. The molecule has 3 N–H and O–H groups in total. The summed E-state index contributed by atoms with van der Waals surface area (Å²) in [5.74, 6) is -0.901. The van der Waals surface area contributed by atoms with Gasteiger partial charge in [-0.1, -0.05) is 13.8 Å². The van der Waals surface area contributed by atoms with Gasteiger partial charge in [-0.3, -0.25) is 0 Å². The molecule has 0 radical (unpaired) electrons. The molecule has 4 atom stereocenters. The van der Waals surface area contributed by atoms with E-state index in [1.54, 1.807) is 13.8 Å². The molecule has 1 aromatic rings. The van der Waals surface area contributed by atoms with Gasteiger partial charge in [0, 0.05) is 5.41 Å². The SMILES string of the molecule is COC(=O)c1ncn(C2O[C@H](CO)[C@]3(O)C(C)(C)[C@]23O)n1. The molecule has 1 aliphatic heterocycles. The van der Waals surface area contributed by atoms with Crippen LogP contribution in [0.2, 0.25) is 0 Å². The highest BCUT2D eigenvalue weighted by Gasteiger charge is 2.92. The minimum Gasteiger partial charge on any atom is -0.463 e. The average molecular weight is 299 g/mol. The molecule has 9 heteroatoms. The van der Waals surface area contributed by atoms with Crippen LogP contribution in [0, 0.1) is 5.41 Å². The van der Waals surface area contributed by atoms with Crippen LogP contribution >= 0.6 is 0 Å². The summed E-state index contributed by atoms with van der Waals surface area (Å²) in [5, 5.41) is 34.7. The molecule has 9 nitrogen and oxygen atoms in total. The second kappa shape index (κ2) is 4.01. The van der Waals surface area contributed by atoms with Crippen molar-refractivity contribution in [2.45, 2.75) is 37.4 Å². The topological polar surface area (TPSA) is 127 Å². The summed E-state index contributed by atoms with van der Waals surface area (Å²) in [4.78, 5) is 15.2. The van der Waals surface area contributed by atoms with Crippen molar-refractivity contribution in [2.75, 3.05) is 13.7 Å². The van der Waals surface area contributed by atoms with Crippen LogP contribution in [0.25, 0.3) is 0 Å². The second-order valence-electron chi connectivity index (χ2n) is 5.86. The first-order valence-electron chi connectivity index (χ1n) is 6.46. The Morgan fingerprint density at radius 3 is 2.67 bits per heavy atom. The van der Waals surface area contributed by atoms with Crippen molar-refractivity contribution in [1.82, 2.24) is 14.8 Å². The third-order valence-electron chi connectivity index (χ3n) is 4.82. The summed E-state index contributed by atoms with van der Waals surface area (Å²) in [5.41, 5.74) is -4.11. The van der Waals surface area contributed by atoms with Crippen LogP contribution < -0.4 is 0 Å². The largest absolute Gasteiger partial charge is 0.463 e. The molecule has 1 aromatic heterocycles. The molecule has 116 valence electrons. The van der Waals surface area contributed by atoms with Gasteiger partial charge < -0.3 is 24.8 Å². The minimum absolute atomic E-state index is 0.181. The van der Waals surface area contributed by atoms with Gasteiger partial charge in [0.15, 0.2) is 11.8 Å². The summed E-state index contributed by atoms with van der Waals surface area (Å²) in [6, 6.07) is 0. The number of aromatic nitrogens is 3. The number of aliphatic hydroxyl groups excluding tert-OH is 1. The number of esters is 1. The Labute approximate surface area is 120 Å². The fraction of sp³-hybridized carbons (Fsp3) is 0.750. The summed E-state index contributed by atoms with van der Waals surface area (Å²) >= 11 is 0. The van der Waals surface area contributed by atoms with Gasteiger partial charge in [0.05, 0.1) is 13.7 Å². The van der Waals surface area contributed by atoms with Crippen molar-refractivity contribution >= 4 is 5.97 Å². The first-order chi connectivity index (χ1) is 9.75. The highest BCUT2D eigenvalue weighted by atomic mass is 16.6. The molecule has 1 saturated carbocycles. The Kier molecular flexibility index (Phi) is 2.74. The third-order valence-corrected chi connectivity index (χ3v) is 4.82. The van der Waals surface area contributed by atoms with Gasteiger partial charge in [0.25, 0.3) is 5.82 Å². The van der Waals surface area contributed by atoms with Gasteiger partial charge in [-0.2, -0.15) is 0 Å². The van der Waals surface area contributed by atoms with Gasteiger partial charge in [-0.25, -0.2) is 14.5 Å². The second-order valence-corrected chi connectivity index (χ2v) is 5.86. The molecule has 0 spiro atoms. The van der Waals surface area contributed by atoms with Crippen molar-refractivity contribution in [2.24, 2.45) is 5.41 Å². The Hall–Kier alpha value is -1.55. The zero-order chi connectivity index (χ0) is 15.6. The molecule has 21 heavy (non-hydrogen) atoms. The molecule has 0 aromatic carbocycles. The molecule has 1 aliphatic carbocycles. The number of ether oxygens (including phenoxy) is 2. The molecular formula is C12H17N3O6. The molecule has 1 saturated heterocycles. The van der Waals surface area contributed by atoms with E-state index < -0.39 is 41.5 Å². The van der Waals surface area contributed by atoms with E-state index in [0.29, 0.717) is 0 Å². The number of nitrogens with zero attached hydrogens (tertiary/aromatic N) is 3. The van der Waals surface area contributed by atoms with Crippen molar-refractivity contribution in [3.8, 4) is 0 Å². The monoisotopic (exact) mass is 299 g/mol. The number of aliphatic hydroxyl groups is 3. The van der Waals surface area contributed by atoms with E-state index in [4.69, 9.17) is 4.74 Å². The highest BCUT2D eigenvalue weighted by Crippen LogP contribution is 2.75. The van der Waals surface area contributed by atoms with Crippen LogP contribution in [0.1, 0.15) is 30.7 Å². The first kappa shape index (κ1) is 14.4. The maximum Gasteiger partial charge on any atom is 0.377 e. The lowest BCUT2D eigenvalue weighted by molar-refractivity contribution is -0.129. The Morgan fingerprint density at radius 2 is 2.14 bits per heavy atom. The molecule has 2 heterocycles. The van der Waals surface area contributed by atoms with Gasteiger partial charge in [0.2, 0.25) is 0 Å². The summed E-state index contributed by atoms with van der Waals surface area (Å²) in [7, 11) is 1.20. The molecule has 2 aliphatic rings. The lowest BCUT2D eigenvalue weighted by Crippen LogP contribution is -2.36. The van der Waals surface area contributed by atoms with Crippen LogP contribution in [0.4, 0.5) is 0 Å². The van der Waals surface area contributed by atoms with Gasteiger partial charge in [0.1, 0.15) is 18.0 Å². The Bertz CT molecular complexity index is 602. The average Bonchev–Trinajstić information content (AvgIpc) is 2.90. The predicted molar refractivity (Wildman–Crippen MR) is 66.0 cm³/mol. The Balaban J connectivity index is 1.97. The molecule has 2 fully saturated rings. The number of carbonyl (C=O) groups is 1. The van der Waals surface area contributed by atoms with E-state index in [2.05, 4.69) is 14.8 Å². The summed E-state index contributed by atoms with van der Waals surface area (Å²) < 4.78 is 11.1. The predicted octanol–water partition coefficient (Wildman–Crippen LogP) is -1.54. The third kappa shape index (κ3) is 1.37. The van der Waals surface area contributed by atoms with Crippen LogP contribution in [0.5, 0.6) is 0 Å². The van der Waals surface area contributed by atoms with Gasteiger partial charge in [-0.05, 0) is 0 Å². The lowest BCUT2D eigenvalue weighted by atomic mass is 10.0. The minimum atomic E-state index is -1.63. The molecular weight excluding hydrogens is 282 g/mol. The lowest BCUT2D eigenvalue weighted by Gasteiger charge is -2.25. The molecule has 3 rings (SSSR count). The number of hydrogen-bond donors (Lipinski definition) is 3. The maximum absolute atomic E-state index is 11.4. The quantitative estimate of drug-likeness (QED) is 0.573. The van der Waals surface area contributed by atoms with Crippen molar-refractivity contribution in [1.29, 1.82) is 0 Å². The fourth-order valence-electron chi connectivity index (χ4n) is 3.40. The van der Waals surface area contributed by atoms with Crippen molar-refractivity contribution in [3.05, 3.63) is 12.2 Å². The van der Waals surface area contributed by atoms with Crippen LogP contribution in [0.15, 0.2) is 6.33 Å². The van der Waals surface area contributed by atoms with Crippen LogP contribution in [-0.4, -0.2) is 67.1 Å². The van der Waals surface area contributed by atoms with E-state index in [1.807, 2.05) is 0 Å². The highest BCUT2D eigenvalue weighted by molar-refractivity contribution is 5.84. The van der Waals surface area contributed by atoms with Crippen molar-refractivity contribution in [3.63, 3.8) is 0 Å². The van der Waals surface area contributed by atoms with E-state index in [1.165, 1.54) is 13.4 Å². The van der Waals surface area contributed by atoms with Gasteiger partial charge in [-0.15, -0.1) is 5.10 Å². The van der Waals surface area contributed by atoms with Crippen molar-refractivity contribution < 1.29 is 29.6 Å². The first-order valence-corrected chi connectivity index (χ1v) is 6.46. The maximum atomic E-state index is 11.4. The number of carbonyl (C=O) groups excluding carboxylic acids is 1. The van der Waals surface area contributed by atoms with Crippen LogP contribution in [-0.2, 0) is 9.47 Å². The van der Waals surface area contributed by atoms with E-state index in [9.17, 15) is 20.1 Å². The molecule has 0 amide bonds. The van der Waals surface area contributed by atoms with Gasteiger partial charge >= 0.3 is 5.97 Å². The zero-order valence-corrected chi connectivity index (χ0v) is 11.8. The number of fused-ring (bicyclic) bond motifs is 1. The smallest absolute Gasteiger partial charge is 0.377 e. The normalized spacial score (nSPS) is 39.9. The molecule has 1 unspecified atom stereocenters. The number of methoxy groups -OCH3 is 1. The summed E-state index contributed by atoms with van der Waals surface area (Å²) in [6.07, 6.45) is -0.794. The standard InChI is InChI=1S/C12H17N3O6/c1-10(2)11(18)6(4-16)21-9(12(10,11)19)15-5-13-7(14-15)8(17)20-3/h5-6,9,16,18-19H,4H2,1-3H3/t6-,9?,11+,12-/m1/s1.